The summed E-state index contributed by atoms with van der Waals surface area (Å²) in [5, 5.41) is 12.3. The number of hydrogen-bond acceptors (Lipinski definition) is 2. The highest BCUT2D eigenvalue weighted by atomic mass is 35.5. The van der Waals surface area contributed by atoms with E-state index in [0.29, 0.717) is 11.4 Å². The first kappa shape index (κ1) is 15.5. The lowest BCUT2D eigenvalue weighted by Crippen LogP contribution is -2.42. The summed E-state index contributed by atoms with van der Waals surface area (Å²) in [6.45, 7) is 3.82. The molecule has 0 saturated heterocycles. The molecule has 1 aromatic rings. The average molecular weight is 284 g/mol. The fourth-order valence-corrected chi connectivity index (χ4v) is 1.81. The Hall–Kier alpha value is -1.55. The fraction of sp³-hybridized carbons (Fsp3) is 0.429. The average Bonchev–Trinajstić information content (AvgIpc) is 2.29. The van der Waals surface area contributed by atoms with E-state index in [4.69, 9.17) is 16.7 Å². The van der Waals surface area contributed by atoms with Crippen LogP contribution in [0.2, 0.25) is 5.02 Å². The molecule has 0 aliphatic heterocycles. The third-order valence-electron chi connectivity index (χ3n) is 2.58. The summed E-state index contributed by atoms with van der Waals surface area (Å²) in [6, 6.07) is 6.00. The van der Waals surface area contributed by atoms with E-state index in [-0.39, 0.29) is 18.2 Å². The summed E-state index contributed by atoms with van der Waals surface area (Å²) >= 11 is 5.77. The number of rotatable bonds is 6. The zero-order valence-electron chi connectivity index (χ0n) is 11.0. The van der Waals surface area contributed by atoms with Crippen molar-refractivity contribution in [2.75, 3.05) is 0 Å². The zero-order chi connectivity index (χ0) is 14.4. The molecule has 0 bridgehead atoms. The van der Waals surface area contributed by atoms with Gasteiger partial charge in [0.2, 0.25) is 5.91 Å². The Kier molecular flexibility index (Phi) is 5.83. The first-order valence-corrected chi connectivity index (χ1v) is 6.53. The van der Waals surface area contributed by atoms with Crippen molar-refractivity contribution in [3.63, 3.8) is 0 Å². The second-order valence-corrected chi connectivity index (χ2v) is 5.32. The van der Waals surface area contributed by atoms with Crippen LogP contribution in [0.1, 0.15) is 25.8 Å². The molecule has 0 aliphatic carbocycles. The Morgan fingerprint density at radius 3 is 2.32 bits per heavy atom. The molecule has 1 amide bonds. The van der Waals surface area contributed by atoms with E-state index in [1.165, 1.54) is 0 Å². The smallest absolute Gasteiger partial charge is 0.326 e. The SMILES string of the molecule is CC(C)CC(=O)N[C@@H](Cc1ccc(Cl)cc1)C(=O)O. The molecule has 104 valence electrons. The van der Waals surface area contributed by atoms with Crippen molar-refractivity contribution in [3.8, 4) is 0 Å². The topological polar surface area (TPSA) is 66.4 Å². The van der Waals surface area contributed by atoms with Crippen LogP contribution in [-0.2, 0) is 16.0 Å². The maximum absolute atomic E-state index is 11.6. The number of carboxylic acid groups (broad SMARTS) is 1. The Balaban J connectivity index is 2.65. The predicted molar refractivity (Wildman–Crippen MR) is 74.2 cm³/mol. The minimum atomic E-state index is -1.04. The van der Waals surface area contributed by atoms with Crippen LogP contribution in [0.3, 0.4) is 0 Å². The predicted octanol–water partition coefficient (Wildman–Crippen LogP) is 2.50. The third-order valence-corrected chi connectivity index (χ3v) is 2.83. The van der Waals surface area contributed by atoms with Crippen LogP contribution in [0.5, 0.6) is 0 Å². The fourth-order valence-electron chi connectivity index (χ4n) is 1.68. The van der Waals surface area contributed by atoms with E-state index in [9.17, 15) is 9.59 Å². The van der Waals surface area contributed by atoms with E-state index in [1.54, 1.807) is 24.3 Å². The normalized spacial score (nSPS) is 12.2. The molecule has 0 aliphatic rings. The van der Waals surface area contributed by atoms with Crippen LogP contribution in [-0.4, -0.2) is 23.0 Å². The molecular formula is C14H18ClNO3. The third kappa shape index (κ3) is 5.75. The van der Waals surface area contributed by atoms with Crippen LogP contribution in [0, 0.1) is 5.92 Å². The van der Waals surface area contributed by atoms with Gasteiger partial charge in [0.25, 0.3) is 0 Å². The number of amides is 1. The van der Waals surface area contributed by atoms with Gasteiger partial charge in [0.15, 0.2) is 0 Å². The van der Waals surface area contributed by atoms with Crippen molar-refractivity contribution in [1.29, 1.82) is 0 Å². The van der Waals surface area contributed by atoms with E-state index < -0.39 is 12.0 Å². The molecule has 5 heteroatoms. The standard InChI is InChI=1S/C14H18ClNO3/c1-9(2)7-13(17)16-12(14(18)19)8-10-3-5-11(15)6-4-10/h3-6,9,12H,7-8H2,1-2H3,(H,16,17)(H,18,19)/t12-/m0/s1. The highest BCUT2D eigenvalue weighted by Crippen LogP contribution is 2.11. The molecule has 1 atom stereocenters. The number of hydrogen-bond donors (Lipinski definition) is 2. The second-order valence-electron chi connectivity index (χ2n) is 4.89. The molecule has 0 radical (unpaired) electrons. The van der Waals surface area contributed by atoms with Crippen LogP contribution in [0.4, 0.5) is 0 Å². The molecule has 0 heterocycles. The molecule has 0 saturated carbocycles. The number of carbonyl (C=O) groups excluding carboxylic acids is 1. The van der Waals surface area contributed by atoms with E-state index in [1.807, 2.05) is 13.8 Å². The minimum absolute atomic E-state index is 0.199. The van der Waals surface area contributed by atoms with Gasteiger partial charge < -0.3 is 10.4 Å². The lowest BCUT2D eigenvalue weighted by molar-refractivity contribution is -0.141. The summed E-state index contributed by atoms with van der Waals surface area (Å²) in [7, 11) is 0. The van der Waals surface area contributed by atoms with Crippen LogP contribution in [0.25, 0.3) is 0 Å². The molecule has 0 spiro atoms. The molecule has 1 rings (SSSR count). The van der Waals surface area contributed by atoms with Crippen LogP contribution >= 0.6 is 11.6 Å². The lowest BCUT2D eigenvalue weighted by Gasteiger charge is -2.15. The van der Waals surface area contributed by atoms with Crippen molar-refractivity contribution < 1.29 is 14.7 Å². The largest absolute Gasteiger partial charge is 0.480 e. The van der Waals surface area contributed by atoms with E-state index in [2.05, 4.69) is 5.32 Å². The van der Waals surface area contributed by atoms with Crippen molar-refractivity contribution >= 4 is 23.5 Å². The molecular weight excluding hydrogens is 266 g/mol. The zero-order valence-corrected chi connectivity index (χ0v) is 11.8. The van der Waals surface area contributed by atoms with E-state index in [0.717, 1.165) is 5.56 Å². The molecule has 19 heavy (non-hydrogen) atoms. The maximum atomic E-state index is 11.6. The van der Waals surface area contributed by atoms with Gasteiger partial charge in [-0.05, 0) is 23.6 Å². The Morgan fingerprint density at radius 1 is 1.26 bits per heavy atom. The second kappa shape index (κ2) is 7.14. The van der Waals surface area contributed by atoms with Gasteiger partial charge in [-0.3, -0.25) is 4.79 Å². The number of aliphatic carboxylic acids is 1. The number of carboxylic acids is 1. The van der Waals surface area contributed by atoms with Gasteiger partial charge in [-0.2, -0.15) is 0 Å². The van der Waals surface area contributed by atoms with Gasteiger partial charge >= 0.3 is 5.97 Å². The van der Waals surface area contributed by atoms with Gasteiger partial charge in [0.1, 0.15) is 6.04 Å². The summed E-state index contributed by atoms with van der Waals surface area (Å²) < 4.78 is 0. The van der Waals surface area contributed by atoms with Crippen molar-refractivity contribution in [1.82, 2.24) is 5.32 Å². The minimum Gasteiger partial charge on any atom is -0.480 e. The molecule has 0 unspecified atom stereocenters. The quantitative estimate of drug-likeness (QED) is 0.843. The summed E-state index contributed by atoms with van der Waals surface area (Å²) in [6.07, 6.45) is 0.570. The van der Waals surface area contributed by atoms with Crippen LogP contribution in [0.15, 0.2) is 24.3 Å². The lowest BCUT2D eigenvalue weighted by atomic mass is 10.0. The number of nitrogens with one attached hydrogen (secondary N) is 1. The number of benzene rings is 1. The molecule has 4 nitrogen and oxygen atoms in total. The van der Waals surface area contributed by atoms with Gasteiger partial charge in [0, 0.05) is 17.9 Å². The number of carbonyl (C=O) groups is 2. The summed E-state index contributed by atoms with van der Waals surface area (Å²) in [4.78, 5) is 22.8. The van der Waals surface area contributed by atoms with Crippen LogP contribution < -0.4 is 5.32 Å². The molecule has 0 aromatic heterocycles. The maximum Gasteiger partial charge on any atom is 0.326 e. The number of halogens is 1. The van der Waals surface area contributed by atoms with Crippen molar-refractivity contribution in [3.05, 3.63) is 34.9 Å². The Morgan fingerprint density at radius 2 is 1.84 bits per heavy atom. The molecule has 1 aromatic carbocycles. The van der Waals surface area contributed by atoms with Gasteiger partial charge in [0.05, 0.1) is 0 Å². The van der Waals surface area contributed by atoms with E-state index >= 15 is 0 Å². The monoisotopic (exact) mass is 283 g/mol. The Labute approximate surface area is 117 Å². The highest BCUT2D eigenvalue weighted by Gasteiger charge is 2.20. The summed E-state index contributed by atoms with van der Waals surface area (Å²) in [5.41, 5.74) is 0.821. The molecule has 0 fully saturated rings. The van der Waals surface area contributed by atoms with Gasteiger partial charge in [-0.1, -0.05) is 37.6 Å². The Bertz CT molecular complexity index is 443. The molecule has 2 N–H and O–H groups in total. The van der Waals surface area contributed by atoms with Gasteiger partial charge in [-0.15, -0.1) is 0 Å². The first-order chi connectivity index (χ1) is 8.88. The first-order valence-electron chi connectivity index (χ1n) is 6.15. The van der Waals surface area contributed by atoms with Gasteiger partial charge in [-0.25, -0.2) is 4.79 Å². The summed E-state index contributed by atoms with van der Waals surface area (Å²) in [5.74, 6) is -1.08. The highest BCUT2D eigenvalue weighted by molar-refractivity contribution is 6.30. The van der Waals surface area contributed by atoms with Crippen molar-refractivity contribution in [2.45, 2.75) is 32.7 Å². The van der Waals surface area contributed by atoms with Crippen molar-refractivity contribution in [2.24, 2.45) is 5.92 Å².